The van der Waals surface area contributed by atoms with Crippen LogP contribution in [0, 0.1) is 25.5 Å². The molecule has 0 aliphatic rings. The van der Waals surface area contributed by atoms with Crippen LogP contribution in [0.2, 0.25) is 0 Å². The molecule has 3 N–H and O–H groups in total. The van der Waals surface area contributed by atoms with Crippen molar-refractivity contribution in [2.75, 3.05) is 18.5 Å². The van der Waals surface area contributed by atoms with E-state index in [4.69, 9.17) is 9.79 Å². The Morgan fingerprint density at radius 3 is 2.22 bits per heavy atom. The third-order valence-corrected chi connectivity index (χ3v) is 8.43. The van der Waals surface area contributed by atoms with Gasteiger partial charge in [0.25, 0.3) is 0 Å². The minimum atomic E-state index is -3.92. The SMILES string of the molecule is Cc1ccc(CC(CCCSc2ccc(CNCCCP(=O)(O)O)cc2)c2cc(F)cc(F)c2)cc1C. The van der Waals surface area contributed by atoms with Gasteiger partial charge in [-0.25, -0.2) is 8.78 Å². The van der Waals surface area contributed by atoms with E-state index in [1.807, 2.05) is 0 Å². The smallest absolute Gasteiger partial charge is 0.324 e. The lowest BCUT2D eigenvalue weighted by Gasteiger charge is -2.19. The fourth-order valence-corrected chi connectivity index (χ4v) is 5.72. The van der Waals surface area contributed by atoms with Crippen molar-refractivity contribution in [3.63, 3.8) is 0 Å². The third kappa shape index (κ3) is 10.7. The van der Waals surface area contributed by atoms with Gasteiger partial charge in [0.1, 0.15) is 11.6 Å². The highest BCUT2D eigenvalue weighted by Crippen LogP contribution is 2.34. The Hall–Kier alpha value is -2.02. The molecule has 0 amide bonds. The van der Waals surface area contributed by atoms with Crippen molar-refractivity contribution in [3.8, 4) is 0 Å². The van der Waals surface area contributed by atoms with Gasteiger partial charge in [0.05, 0.1) is 6.16 Å². The number of thioether (sulfide) groups is 1. The molecule has 4 nitrogen and oxygen atoms in total. The van der Waals surface area contributed by atoms with E-state index in [2.05, 4.69) is 61.6 Å². The molecule has 37 heavy (non-hydrogen) atoms. The van der Waals surface area contributed by atoms with E-state index in [1.54, 1.807) is 11.8 Å². The van der Waals surface area contributed by atoms with Gasteiger partial charge in [-0.3, -0.25) is 4.57 Å². The number of benzene rings is 3. The number of rotatable bonds is 14. The van der Waals surface area contributed by atoms with E-state index in [-0.39, 0.29) is 12.1 Å². The molecule has 0 aromatic heterocycles. The minimum absolute atomic E-state index is 0.0342. The lowest BCUT2D eigenvalue weighted by molar-refractivity contribution is 0.371. The molecule has 0 bridgehead atoms. The normalized spacial score (nSPS) is 12.6. The number of aryl methyl sites for hydroxylation is 2. The van der Waals surface area contributed by atoms with Crippen molar-refractivity contribution < 1.29 is 23.1 Å². The summed E-state index contributed by atoms with van der Waals surface area (Å²) in [6.07, 6.45) is 2.82. The highest BCUT2D eigenvalue weighted by atomic mass is 32.2. The zero-order valence-corrected chi connectivity index (χ0v) is 23.1. The molecule has 0 saturated carbocycles. The van der Waals surface area contributed by atoms with E-state index in [0.29, 0.717) is 25.1 Å². The van der Waals surface area contributed by atoms with E-state index >= 15 is 0 Å². The Kier molecular flexibility index (Phi) is 11.4. The van der Waals surface area contributed by atoms with Crippen LogP contribution in [0.3, 0.4) is 0 Å². The van der Waals surface area contributed by atoms with Crippen LogP contribution < -0.4 is 5.32 Å². The standard InChI is InChI=1S/C29H36F2NO3PS/c1-21-6-7-24(15-22(21)2)16-25(26-17-27(30)19-28(31)18-26)5-3-14-37-29-10-8-23(9-11-29)20-32-12-4-13-36(33,34)35/h6-11,15,17-19,25,32H,3-5,12-14,16,20H2,1-2H3,(H2,33,34,35). The summed E-state index contributed by atoms with van der Waals surface area (Å²) in [5, 5.41) is 3.20. The fourth-order valence-electron chi connectivity index (χ4n) is 4.28. The van der Waals surface area contributed by atoms with E-state index in [9.17, 15) is 13.3 Å². The first-order valence-corrected chi connectivity index (χ1v) is 15.4. The van der Waals surface area contributed by atoms with Crippen molar-refractivity contribution in [3.05, 3.63) is 100 Å². The molecular weight excluding hydrogens is 511 g/mol. The number of halogens is 2. The Morgan fingerprint density at radius 1 is 0.892 bits per heavy atom. The van der Waals surface area contributed by atoms with Crippen molar-refractivity contribution in [2.45, 2.75) is 56.9 Å². The Morgan fingerprint density at radius 2 is 1.57 bits per heavy atom. The molecule has 3 aromatic carbocycles. The van der Waals surface area contributed by atoms with Crippen LogP contribution in [0.5, 0.6) is 0 Å². The number of hydrogen-bond donors (Lipinski definition) is 3. The average Bonchev–Trinajstić information content (AvgIpc) is 2.82. The molecule has 0 spiro atoms. The second kappa shape index (κ2) is 14.2. The molecule has 0 fully saturated rings. The molecule has 0 aliphatic heterocycles. The fraction of sp³-hybridized carbons (Fsp3) is 0.379. The first kappa shape index (κ1) is 29.5. The molecule has 1 atom stereocenters. The van der Waals surface area contributed by atoms with Crippen molar-refractivity contribution in [1.29, 1.82) is 0 Å². The van der Waals surface area contributed by atoms with Gasteiger partial charge in [0, 0.05) is 17.5 Å². The van der Waals surface area contributed by atoms with Gasteiger partial charge in [0.2, 0.25) is 0 Å². The van der Waals surface area contributed by atoms with E-state index < -0.39 is 19.2 Å². The molecule has 0 aliphatic carbocycles. The zero-order valence-electron chi connectivity index (χ0n) is 21.4. The number of hydrogen-bond acceptors (Lipinski definition) is 3. The maximum absolute atomic E-state index is 14.0. The first-order valence-electron chi connectivity index (χ1n) is 12.6. The molecule has 3 rings (SSSR count). The van der Waals surface area contributed by atoms with Gasteiger partial charge in [-0.2, -0.15) is 0 Å². The van der Waals surface area contributed by atoms with E-state index in [1.165, 1.54) is 28.8 Å². The summed E-state index contributed by atoms with van der Waals surface area (Å²) in [5.41, 5.74) is 5.45. The summed E-state index contributed by atoms with van der Waals surface area (Å²) in [5.74, 6) is -0.134. The summed E-state index contributed by atoms with van der Waals surface area (Å²) in [6, 6.07) is 18.5. The monoisotopic (exact) mass is 547 g/mol. The van der Waals surface area contributed by atoms with Crippen LogP contribution in [-0.2, 0) is 17.5 Å². The van der Waals surface area contributed by atoms with Gasteiger partial charge in [0.15, 0.2) is 0 Å². The molecule has 8 heteroatoms. The van der Waals surface area contributed by atoms with Crippen LogP contribution in [0.4, 0.5) is 8.78 Å². The molecule has 1 unspecified atom stereocenters. The summed E-state index contributed by atoms with van der Waals surface area (Å²) < 4.78 is 38.8. The average molecular weight is 548 g/mol. The number of nitrogens with one attached hydrogen (secondary N) is 1. The lowest BCUT2D eigenvalue weighted by atomic mass is 9.87. The first-order chi connectivity index (χ1) is 17.6. The second-order valence-electron chi connectivity index (χ2n) is 9.58. The van der Waals surface area contributed by atoms with Crippen molar-refractivity contribution in [2.24, 2.45) is 0 Å². The molecule has 0 saturated heterocycles. The quantitative estimate of drug-likeness (QED) is 0.114. The largest absolute Gasteiger partial charge is 0.325 e. The maximum atomic E-state index is 14.0. The summed E-state index contributed by atoms with van der Waals surface area (Å²) in [7, 11) is -3.92. The molecule has 0 radical (unpaired) electrons. The van der Waals surface area contributed by atoms with Gasteiger partial charge in [-0.15, -0.1) is 11.8 Å². The predicted octanol–water partition coefficient (Wildman–Crippen LogP) is 7.14. The van der Waals surface area contributed by atoms with Crippen LogP contribution in [-0.4, -0.2) is 28.2 Å². The zero-order chi connectivity index (χ0) is 26.8. The second-order valence-corrected chi connectivity index (χ2v) is 12.5. The van der Waals surface area contributed by atoms with Crippen molar-refractivity contribution >= 4 is 19.4 Å². The Bertz CT molecular complexity index is 1180. The Balaban J connectivity index is 1.50. The van der Waals surface area contributed by atoms with Crippen LogP contribution in [0.15, 0.2) is 65.6 Å². The van der Waals surface area contributed by atoms with Crippen LogP contribution in [0.25, 0.3) is 0 Å². The predicted molar refractivity (Wildman–Crippen MR) is 148 cm³/mol. The van der Waals surface area contributed by atoms with Crippen LogP contribution >= 0.6 is 19.4 Å². The Labute approximate surface area is 223 Å². The summed E-state index contributed by atoms with van der Waals surface area (Å²) >= 11 is 1.76. The third-order valence-electron chi connectivity index (χ3n) is 6.43. The molecular formula is C29H36F2NO3PS. The molecule has 3 aromatic rings. The summed E-state index contributed by atoms with van der Waals surface area (Å²) in [6.45, 7) is 5.37. The van der Waals surface area contributed by atoms with Gasteiger partial charge < -0.3 is 15.1 Å². The van der Waals surface area contributed by atoms with Gasteiger partial charge >= 0.3 is 7.60 Å². The van der Waals surface area contributed by atoms with Gasteiger partial charge in [-0.1, -0.05) is 30.3 Å². The summed E-state index contributed by atoms with van der Waals surface area (Å²) in [4.78, 5) is 19.0. The highest BCUT2D eigenvalue weighted by molar-refractivity contribution is 7.99. The van der Waals surface area contributed by atoms with Gasteiger partial charge in [-0.05, 0) is 110 Å². The molecule has 0 heterocycles. The van der Waals surface area contributed by atoms with Crippen LogP contribution in [0.1, 0.15) is 53.0 Å². The lowest BCUT2D eigenvalue weighted by Crippen LogP contribution is -2.15. The maximum Gasteiger partial charge on any atom is 0.325 e. The molecule has 200 valence electrons. The van der Waals surface area contributed by atoms with E-state index in [0.717, 1.165) is 41.5 Å². The highest BCUT2D eigenvalue weighted by Gasteiger charge is 2.16. The topological polar surface area (TPSA) is 69.6 Å². The minimum Gasteiger partial charge on any atom is -0.324 e. The van der Waals surface area contributed by atoms with Crippen molar-refractivity contribution in [1.82, 2.24) is 5.32 Å².